The maximum atomic E-state index is 11.9. The Kier molecular flexibility index (Phi) is 7.05. The van der Waals surface area contributed by atoms with Crippen molar-refractivity contribution in [2.75, 3.05) is 0 Å². The number of primary sulfonamides is 1. The van der Waals surface area contributed by atoms with E-state index in [1.807, 2.05) is 4.72 Å². The average Bonchev–Trinajstić information content (AvgIpc) is 2.69. The molecule has 0 saturated carbocycles. The second-order valence-corrected chi connectivity index (χ2v) is 8.72. The van der Waals surface area contributed by atoms with Crippen molar-refractivity contribution in [1.29, 1.82) is 0 Å². The first kappa shape index (κ1) is 21.3. The van der Waals surface area contributed by atoms with Crippen LogP contribution in [0.25, 0.3) is 0 Å². The molecule has 0 spiro atoms. The summed E-state index contributed by atoms with van der Waals surface area (Å²) in [4.78, 5) is 12.0. The van der Waals surface area contributed by atoms with E-state index in [1.54, 1.807) is 66.7 Å². The topological polar surface area (TPSA) is 123 Å². The smallest absolute Gasteiger partial charge is 0.264 e. The summed E-state index contributed by atoms with van der Waals surface area (Å²) >= 11 is 0. The number of nitrogens with two attached hydrogens (primary N) is 1. The van der Waals surface area contributed by atoms with Gasteiger partial charge in [-0.1, -0.05) is 54.6 Å². The Hall–Kier alpha value is -3.01. The van der Waals surface area contributed by atoms with Crippen molar-refractivity contribution in [3.63, 3.8) is 0 Å². The van der Waals surface area contributed by atoms with Gasteiger partial charge >= 0.3 is 0 Å². The summed E-state index contributed by atoms with van der Waals surface area (Å²) in [5.74, 6) is -0.639. The first-order valence-corrected chi connectivity index (χ1v) is 11.0. The van der Waals surface area contributed by atoms with Crippen molar-refractivity contribution in [3.05, 3.63) is 96.6 Å². The van der Waals surface area contributed by atoms with Crippen LogP contribution in [0.15, 0.2) is 101 Å². The second-order valence-electron chi connectivity index (χ2n) is 5.47. The quantitative estimate of drug-likeness (QED) is 0.672. The van der Waals surface area contributed by atoms with Crippen LogP contribution in [-0.2, 0) is 20.0 Å². The van der Waals surface area contributed by atoms with Crippen molar-refractivity contribution in [1.82, 2.24) is 4.72 Å². The summed E-state index contributed by atoms with van der Waals surface area (Å²) in [6.45, 7) is 0. The summed E-state index contributed by atoms with van der Waals surface area (Å²) in [5.41, 5.74) is 0.303. The molecule has 3 N–H and O–H groups in total. The molecule has 28 heavy (non-hydrogen) atoms. The van der Waals surface area contributed by atoms with Gasteiger partial charge in [-0.25, -0.2) is 26.7 Å². The van der Waals surface area contributed by atoms with Gasteiger partial charge in [0.05, 0.1) is 9.79 Å². The van der Waals surface area contributed by atoms with E-state index in [0.717, 1.165) is 0 Å². The Morgan fingerprint density at radius 2 is 1.04 bits per heavy atom. The van der Waals surface area contributed by atoms with Crippen LogP contribution in [0.5, 0.6) is 0 Å². The zero-order valence-electron chi connectivity index (χ0n) is 14.6. The zero-order valence-corrected chi connectivity index (χ0v) is 16.2. The number of hydrogen-bond acceptors (Lipinski definition) is 5. The van der Waals surface area contributed by atoms with E-state index in [-0.39, 0.29) is 9.79 Å². The van der Waals surface area contributed by atoms with E-state index in [0.29, 0.717) is 5.56 Å². The van der Waals surface area contributed by atoms with Gasteiger partial charge in [0.25, 0.3) is 15.9 Å². The van der Waals surface area contributed by atoms with Gasteiger partial charge < -0.3 is 0 Å². The van der Waals surface area contributed by atoms with Gasteiger partial charge in [-0.3, -0.25) is 4.79 Å². The number of nitrogens with one attached hydrogen (secondary N) is 1. The van der Waals surface area contributed by atoms with E-state index in [1.165, 1.54) is 24.3 Å². The van der Waals surface area contributed by atoms with Gasteiger partial charge in [-0.2, -0.15) is 0 Å². The highest BCUT2D eigenvalue weighted by Gasteiger charge is 2.17. The standard InChI is InChI=1S/C13H11NO3S.C6H7NO2S/c15-13(11-7-3-1-4-8-11)14-18(16,17)12-9-5-2-6-10-12;7-10(8,9)6-4-2-1-3-5-6/h1-10H,(H,14,15);1-5H,(H2,7,8,9). The molecule has 1 amide bonds. The number of carbonyl (C=O) groups excluding carboxylic acids is 1. The van der Waals surface area contributed by atoms with Gasteiger partial charge in [-0.15, -0.1) is 0 Å². The maximum absolute atomic E-state index is 11.9. The minimum Gasteiger partial charge on any atom is -0.268 e. The third-order valence-electron chi connectivity index (χ3n) is 3.39. The van der Waals surface area contributed by atoms with Crippen molar-refractivity contribution in [2.45, 2.75) is 9.79 Å². The molecular formula is C19H18N2O5S2. The summed E-state index contributed by atoms with van der Waals surface area (Å²) in [5, 5.41) is 4.83. The molecular weight excluding hydrogens is 400 g/mol. The molecule has 3 rings (SSSR count). The van der Waals surface area contributed by atoms with Gasteiger partial charge in [0.1, 0.15) is 0 Å². The Morgan fingerprint density at radius 3 is 1.43 bits per heavy atom. The summed E-state index contributed by atoms with van der Waals surface area (Å²) < 4.78 is 47.0. The Labute approximate surface area is 163 Å². The number of rotatable bonds is 4. The molecule has 0 aliphatic rings. The van der Waals surface area contributed by atoms with Crippen LogP contribution in [0.2, 0.25) is 0 Å². The largest absolute Gasteiger partial charge is 0.268 e. The SMILES string of the molecule is NS(=O)(=O)c1ccccc1.O=C(NS(=O)(=O)c1ccccc1)c1ccccc1. The fourth-order valence-corrected chi connectivity index (χ4v) is 3.57. The predicted octanol–water partition coefficient (Wildman–Crippen LogP) is 2.14. The Bertz CT molecular complexity index is 1120. The minimum absolute atomic E-state index is 0.0641. The number of carbonyl (C=O) groups is 1. The molecule has 0 unspecified atom stereocenters. The van der Waals surface area contributed by atoms with Gasteiger partial charge in [0.15, 0.2) is 0 Å². The van der Waals surface area contributed by atoms with E-state index in [4.69, 9.17) is 5.14 Å². The molecule has 7 nitrogen and oxygen atoms in total. The van der Waals surface area contributed by atoms with Crippen molar-refractivity contribution < 1.29 is 21.6 Å². The van der Waals surface area contributed by atoms with Crippen LogP contribution >= 0.6 is 0 Å². The van der Waals surface area contributed by atoms with Crippen LogP contribution < -0.4 is 9.86 Å². The van der Waals surface area contributed by atoms with Crippen LogP contribution in [0.4, 0.5) is 0 Å². The lowest BCUT2D eigenvalue weighted by molar-refractivity contribution is 0.0981. The second kappa shape index (κ2) is 9.27. The summed E-state index contributed by atoms with van der Waals surface area (Å²) in [6, 6.07) is 23.9. The molecule has 0 atom stereocenters. The molecule has 0 saturated heterocycles. The average molecular weight is 418 g/mol. The van der Waals surface area contributed by atoms with Gasteiger partial charge in [0.2, 0.25) is 10.0 Å². The number of amides is 1. The lowest BCUT2D eigenvalue weighted by atomic mass is 10.2. The highest BCUT2D eigenvalue weighted by atomic mass is 32.2. The highest BCUT2D eigenvalue weighted by Crippen LogP contribution is 2.08. The van der Waals surface area contributed by atoms with Gasteiger partial charge in [-0.05, 0) is 36.4 Å². The first-order valence-electron chi connectivity index (χ1n) is 7.95. The van der Waals surface area contributed by atoms with Crippen LogP contribution in [0.3, 0.4) is 0 Å². The number of sulfonamides is 2. The van der Waals surface area contributed by atoms with E-state index in [9.17, 15) is 21.6 Å². The molecule has 0 aliphatic carbocycles. The normalized spacial score (nSPS) is 11.0. The molecule has 0 heterocycles. The fourth-order valence-electron chi connectivity index (χ4n) is 2.04. The van der Waals surface area contributed by atoms with E-state index < -0.39 is 26.0 Å². The zero-order chi connectivity index (χ0) is 20.6. The lowest BCUT2D eigenvalue weighted by Crippen LogP contribution is -2.30. The van der Waals surface area contributed by atoms with Crippen molar-refractivity contribution in [3.8, 4) is 0 Å². The monoisotopic (exact) mass is 418 g/mol. The third kappa shape index (κ3) is 6.31. The Morgan fingerprint density at radius 1 is 0.643 bits per heavy atom. The van der Waals surface area contributed by atoms with Crippen LogP contribution in [0, 0.1) is 0 Å². The predicted molar refractivity (Wildman–Crippen MR) is 105 cm³/mol. The molecule has 0 radical (unpaired) electrons. The van der Waals surface area contributed by atoms with Crippen molar-refractivity contribution in [2.24, 2.45) is 5.14 Å². The molecule has 3 aromatic carbocycles. The highest BCUT2D eigenvalue weighted by molar-refractivity contribution is 7.90. The van der Waals surface area contributed by atoms with Crippen LogP contribution in [-0.4, -0.2) is 22.7 Å². The molecule has 0 aliphatic heterocycles. The molecule has 9 heteroatoms. The minimum atomic E-state index is -3.81. The summed E-state index contributed by atoms with van der Waals surface area (Å²) in [6.07, 6.45) is 0. The Balaban J connectivity index is 0.000000237. The molecule has 0 fully saturated rings. The molecule has 0 bridgehead atoms. The van der Waals surface area contributed by atoms with E-state index in [2.05, 4.69) is 0 Å². The van der Waals surface area contributed by atoms with Gasteiger partial charge in [0, 0.05) is 5.56 Å². The first-order chi connectivity index (χ1) is 13.2. The maximum Gasteiger partial charge on any atom is 0.264 e. The van der Waals surface area contributed by atoms with Crippen LogP contribution in [0.1, 0.15) is 10.4 Å². The fraction of sp³-hybridized carbons (Fsp3) is 0. The van der Waals surface area contributed by atoms with Crippen molar-refractivity contribution >= 4 is 26.0 Å². The molecule has 146 valence electrons. The third-order valence-corrected chi connectivity index (χ3v) is 5.66. The summed E-state index contributed by atoms with van der Waals surface area (Å²) in [7, 11) is -7.31. The molecule has 0 aromatic heterocycles. The lowest BCUT2D eigenvalue weighted by Gasteiger charge is -2.06. The number of hydrogen-bond donors (Lipinski definition) is 2. The number of benzene rings is 3. The van der Waals surface area contributed by atoms with E-state index >= 15 is 0 Å². The molecule has 3 aromatic rings.